The first-order valence-corrected chi connectivity index (χ1v) is 6.55. The molecule has 0 radical (unpaired) electrons. The molecule has 0 aliphatic carbocycles. The summed E-state index contributed by atoms with van der Waals surface area (Å²) in [6.45, 7) is 2.64. The van der Waals surface area contributed by atoms with E-state index in [4.69, 9.17) is 10.00 Å². The van der Waals surface area contributed by atoms with Gasteiger partial charge in [0.2, 0.25) is 0 Å². The zero-order valence-corrected chi connectivity index (χ0v) is 11.8. The van der Waals surface area contributed by atoms with Gasteiger partial charge < -0.3 is 10.1 Å². The summed E-state index contributed by atoms with van der Waals surface area (Å²) in [5.41, 5.74) is -1.10. The predicted molar refractivity (Wildman–Crippen MR) is 73.7 cm³/mol. The Morgan fingerprint density at radius 2 is 2.10 bits per heavy atom. The van der Waals surface area contributed by atoms with Crippen LogP contribution in [0.15, 0.2) is 9.59 Å². The maximum absolute atomic E-state index is 12.0. The van der Waals surface area contributed by atoms with Crippen LogP contribution in [0.5, 0.6) is 0 Å². The summed E-state index contributed by atoms with van der Waals surface area (Å²) in [6, 6.07) is 1.79. The molecule has 0 amide bonds. The highest BCUT2D eigenvalue weighted by molar-refractivity contribution is 5.51. The maximum Gasteiger partial charge on any atom is 0.332 e. The molecule has 0 saturated carbocycles. The number of ether oxygens (including phenoxy) is 1. The number of nitrogens with one attached hydrogen (secondary N) is 1. The Labute approximate surface area is 116 Å². The topological polar surface area (TPSA) is 89.0 Å². The van der Waals surface area contributed by atoms with E-state index in [-0.39, 0.29) is 23.5 Å². The van der Waals surface area contributed by atoms with Gasteiger partial charge in [-0.25, -0.2) is 4.79 Å². The van der Waals surface area contributed by atoms with Crippen LogP contribution >= 0.6 is 0 Å². The average Bonchev–Trinajstić information content (AvgIpc) is 2.97. The van der Waals surface area contributed by atoms with Crippen LogP contribution in [0, 0.1) is 11.3 Å². The van der Waals surface area contributed by atoms with E-state index in [1.165, 1.54) is 18.7 Å². The van der Waals surface area contributed by atoms with Crippen LogP contribution in [-0.4, -0.2) is 27.9 Å². The van der Waals surface area contributed by atoms with Crippen molar-refractivity contribution >= 4 is 5.82 Å². The Morgan fingerprint density at radius 1 is 1.40 bits per heavy atom. The lowest BCUT2D eigenvalue weighted by molar-refractivity contribution is 0.0994. The molecule has 7 nitrogen and oxygen atoms in total. The third-order valence-electron chi connectivity index (χ3n) is 3.66. The van der Waals surface area contributed by atoms with Crippen molar-refractivity contribution in [3.05, 3.63) is 26.4 Å². The molecule has 1 saturated heterocycles. The lowest BCUT2D eigenvalue weighted by Gasteiger charge is -2.23. The van der Waals surface area contributed by atoms with Crippen LogP contribution in [0.2, 0.25) is 0 Å². The first-order chi connectivity index (χ1) is 9.47. The second-order valence-corrected chi connectivity index (χ2v) is 5.03. The van der Waals surface area contributed by atoms with Gasteiger partial charge in [-0.1, -0.05) is 0 Å². The molecular weight excluding hydrogens is 260 g/mol. The fourth-order valence-corrected chi connectivity index (χ4v) is 2.42. The van der Waals surface area contributed by atoms with E-state index in [1.54, 1.807) is 0 Å². The largest absolute Gasteiger partial charge is 0.376 e. The minimum Gasteiger partial charge on any atom is -0.376 e. The smallest absolute Gasteiger partial charge is 0.332 e. The summed E-state index contributed by atoms with van der Waals surface area (Å²) < 4.78 is 7.78. The van der Waals surface area contributed by atoms with Gasteiger partial charge in [0, 0.05) is 20.7 Å². The monoisotopic (exact) mass is 278 g/mol. The molecule has 20 heavy (non-hydrogen) atoms. The van der Waals surface area contributed by atoms with Gasteiger partial charge in [-0.2, -0.15) is 5.26 Å². The second kappa shape index (κ2) is 5.51. The van der Waals surface area contributed by atoms with Crippen molar-refractivity contribution in [2.24, 2.45) is 14.1 Å². The Morgan fingerprint density at radius 3 is 2.65 bits per heavy atom. The number of aromatic nitrogens is 2. The molecule has 7 heteroatoms. The number of hydrogen-bond donors (Lipinski definition) is 1. The summed E-state index contributed by atoms with van der Waals surface area (Å²) in [5.74, 6) is 0.253. The summed E-state index contributed by atoms with van der Waals surface area (Å²) in [4.78, 5) is 23.9. The first-order valence-electron chi connectivity index (χ1n) is 6.55. The van der Waals surface area contributed by atoms with Crippen molar-refractivity contribution in [1.29, 1.82) is 5.26 Å². The molecular formula is C13H18N4O3. The van der Waals surface area contributed by atoms with Crippen LogP contribution in [0.4, 0.5) is 5.82 Å². The molecule has 1 fully saturated rings. The van der Waals surface area contributed by atoms with Crippen LogP contribution < -0.4 is 16.6 Å². The van der Waals surface area contributed by atoms with Crippen molar-refractivity contribution < 1.29 is 4.74 Å². The van der Waals surface area contributed by atoms with Crippen LogP contribution in [0.3, 0.4) is 0 Å². The van der Waals surface area contributed by atoms with Gasteiger partial charge in [-0.3, -0.25) is 13.9 Å². The lowest BCUT2D eigenvalue weighted by atomic mass is 10.1. The van der Waals surface area contributed by atoms with E-state index >= 15 is 0 Å². The predicted octanol–water partition coefficient (Wildman–Crippen LogP) is -0.0649. The molecule has 1 aliphatic rings. The average molecular weight is 278 g/mol. The maximum atomic E-state index is 12.0. The van der Waals surface area contributed by atoms with Crippen molar-refractivity contribution in [1.82, 2.24) is 9.13 Å². The molecule has 0 aromatic carbocycles. The third-order valence-corrected chi connectivity index (χ3v) is 3.66. The fraction of sp³-hybridized carbons (Fsp3) is 0.615. The van der Waals surface area contributed by atoms with Crippen molar-refractivity contribution in [3.63, 3.8) is 0 Å². The quantitative estimate of drug-likeness (QED) is 0.836. The van der Waals surface area contributed by atoms with Crippen molar-refractivity contribution in [2.45, 2.75) is 31.9 Å². The molecule has 108 valence electrons. The van der Waals surface area contributed by atoms with Crippen molar-refractivity contribution in [3.8, 4) is 6.07 Å². The van der Waals surface area contributed by atoms with E-state index in [1.807, 2.05) is 13.0 Å². The number of rotatable bonds is 3. The number of nitrogens with zero attached hydrogens (tertiary/aromatic N) is 3. The lowest BCUT2D eigenvalue weighted by Crippen LogP contribution is -2.42. The fourth-order valence-electron chi connectivity index (χ4n) is 2.42. The SMILES string of the molecule is C[C@H](Nc1c(C#N)c(=O)n(C)c(=O)n1C)[C@H]1CCCO1. The molecule has 0 bridgehead atoms. The summed E-state index contributed by atoms with van der Waals surface area (Å²) in [7, 11) is 2.89. The van der Waals surface area contributed by atoms with E-state index in [9.17, 15) is 9.59 Å². The summed E-state index contributed by atoms with van der Waals surface area (Å²) in [5, 5.41) is 12.2. The second-order valence-electron chi connectivity index (χ2n) is 5.03. The third kappa shape index (κ3) is 2.34. The van der Waals surface area contributed by atoms with Gasteiger partial charge >= 0.3 is 5.69 Å². The summed E-state index contributed by atoms with van der Waals surface area (Å²) in [6.07, 6.45) is 1.95. The minimum absolute atomic E-state index is 0.0284. The van der Waals surface area contributed by atoms with Gasteiger partial charge in [0.1, 0.15) is 11.9 Å². The number of nitriles is 1. The van der Waals surface area contributed by atoms with Crippen LogP contribution in [0.25, 0.3) is 0 Å². The minimum atomic E-state index is -0.586. The summed E-state index contributed by atoms with van der Waals surface area (Å²) >= 11 is 0. The van der Waals surface area contributed by atoms with Gasteiger partial charge in [0.05, 0.1) is 12.1 Å². The molecule has 1 aromatic rings. The number of hydrogen-bond acceptors (Lipinski definition) is 5. The molecule has 0 spiro atoms. The van der Waals surface area contributed by atoms with Crippen LogP contribution in [0.1, 0.15) is 25.3 Å². The Bertz CT molecular complexity index is 662. The van der Waals surface area contributed by atoms with E-state index in [2.05, 4.69) is 5.32 Å². The van der Waals surface area contributed by atoms with E-state index in [0.29, 0.717) is 0 Å². The standard InChI is InChI=1S/C13H18N4O3/c1-8(10-5-4-6-20-10)15-11-9(7-14)12(18)17(3)13(19)16(11)2/h8,10,15H,4-6H2,1-3H3/t8-,10+/m0/s1. The Balaban J connectivity index is 2.43. The Hall–Kier alpha value is -2.07. The molecule has 2 heterocycles. The zero-order valence-electron chi connectivity index (χ0n) is 11.8. The Kier molecular flexibility index (Phi) is 3.95. The van der Waals surface area contributed by atoms with Crippen LogP contribution in [-0.2, 0) is 18.8 Å². The number of anilines is 1. The van der Waals surface area contributed by atoms with Gasteiger partial charge in [0.25, 0.3) is 5.56 Å². The molecule has 1 aromatic heterocycles. The first kappa shape index (κ1) is 14.3. The molecule has 2 rings (SSSR count). The van der Waals surface area contributed by atoms with Crippen molar-refractivity contribution in [2.75, 3.05) is 11.9 Å². The molecule has 0 unspecified atom stereocenters. The molecule has 1 aliphatic heterocycles. The van der Waals surface area contributed by atoms with E-state index < -0.39 is 11.2 Å². The molecule has 1 N–H and O–H groups in total. The van der Waals surface area contributed by atoms with E-state index in [0.717, 1.165) is 24.0 Å². The highest BCUT2D eigenvalue weighted by Crippen LogP contribution is 2.19. The highest BCUT2D eigenvalue weighted by atomic mass is 16.5. The normalized spacial score (nSPS) is 19.6. The van der Waals surface area contributed by atoms with Gasteiger partial charge in [-0.15, -0.1) is 0 Å². The van der Waals surface area contributed by atoms with Gasteiger partial charge in [0.15, 0.2) is 5.56 Å². The van der Waals surface area contributed by atoms with Gasteiger partial charge in [-0.05, 0) is 19.8 Å². The highest BCUT2D eigenvalue weighted by Gasteiger charge is 2.25. The zero-order chi connectivity index (χ0) is 14.9. The molecule has 2 atom stereocenters.